The number of nitrogens with one attached hydrogen (secondary N) is 1. The molecule has 3 aromatic rings. The highest BCUT2D eigenvalue weighted by Crippen LogP contribution is 2.20. The molecule has 0 bridgehead atoms. The summed E-state index contributed by atoms with van der Waals surface area (Å²) < 4.78 is 9.29. The fraction of sp³-hybridized carbons (Fsp3) is 0.300. The van der Waals surface area contributed by atoms with Crippen molar-refractivity contribution in [3.8, 4) is 11.5 Å². The topological polar surface area (TPSA) is 61.1 Å². The maximum Gasteiger partial charge on any atom is 0.256 e. The lowest BCUT2D eigenvalue weighted by molar-refractivity contribution is 0.0857. The first-order valence-corrected chi connectivity index (χ1v) is 8.90. The fourth-order valence-corrected chi connectivity index (χ4v) is 3.21. The molecule has 1 atom stereocenters. The second-order valence-electron chi connectivity index (χ2n) is 6.56. The van der Waals surface area contributed by atoms with E-state index in [0.29, 0.717) is 12.1 Å². The van der Waals surface area contributed by atoms with Gasteiger partial charge in [0.1, 0.15) is 5.56 Å². The van der Waals surface area contributed by atoms with Crippen LogP contribution in [0.3, 0.4) is 0 Å². The second-order valence-corrected chi connectivity index (χ2v) is 6.56. The molecule has 26 heavy (non-hydrogen) atoms. The third-order valence-electron chi connectivity index (χ3n) is 4.63. The van der Waals surface area contributed by atoms with Gasteiger partial charge in [0.15, 0.2) is 5.82 Å². The molecule has 6 heteroatoms. The highest BCUT2D eigenvalue weighted by Gasteiger charge is 2.22. The van der Waals surface area contributed by atoms with Crippen molar-refractivity contribution in [1.82, 2.24) is 19.7 Å². The van der Waals surface area contributed by atoms with Crippen LogP contribution in [0.25, 0.3) is 11.5 Å². The summed E-state index contributed by atoms with van der Waals surface area (Å²) in [6.07, 6.45) is 7.62. The van der Waals surface area contributed by atoms with Gasteiger partial charge >= 0.3 is 0 Å². The van der Waals surface area contributed by atoms with Crippen LogP contribution in [0, 0.1) is 6.92 Å². The Morgan fingerprint density at radius 1 is 1.27 bits per heavy atom. The summed E-state index contributed by atoms with van der Waals surface area (Å²) in [4.78, 5) is 12.8. The van der Waals surface area contributed by atoms with E-state index in [1.54, 1.807) is 10.9 Å². The maximum absolute atomic E-state index is 12.8. The minimum atomic E-state index is -0.137. The van der Waals surface area contributed by atoms with E-state index in [1.807, 2.05) is 60.3 Å². The number of rotatable bonds is 5. The van der Waals surface area contributed by atoms with Gasteiger partial charge in [0, 0.05) is 25.5 Å². The molecule has 0 unspecified atom stereocenters. The van der Waals surface area contributed by atoms with Crippen LogP contribution in [-0.2, 0) is 4.74 Å². The molecule has 0 saturated carbocycles. The van der Waals surface area contributed by atoms with Crippen LogP contribution >= 0.6 is 0 Å². The standard InChI is InChI=1S/C20H22N4O2/c1-15-6-8-16(9-7-15)24-20(23-10-2-3-11-23)18(14-22-24)19(25)21-13-17-5-4-12-26-17/h2-3,6-11,14,17H,4-5,12-13H2,1H3,(H,21,25)/t17-/m0/s1. The molecule has 0 radical (unpaired) electrons. The van der Waals surface area contributed by atoms with Crippen molar-refractivity contribution >= 4 is 5.91 Å². The average molecular weight is 350 g/mol. The highest BCUT2D eigenvalue weighted by atomic mass is 16.5. The number of hydrogen-bond acceptors (Lipinski definition) is 3. The predicted octanol–water partition coefficient (Wildman–Crippen LogP) is 2.88. The number of hydrogen-bond donors (Lipinski definition) is 1. The van der Waals surface area contributed by atoms with Crippen LogP contribution in [-0.4, -0.2) is 39.5 Å². The van der Waals surface area contributed by atoms with Gasteiger partial charge in [0.2, 0.25) is 0 Å². The molecule has 1 fully saturated rings. The first kappa shape index (κ1) is 16.6. The number of carbonyl (C=O) groups excluding carboxylic acids is 1. The smallest absolute Gasteiger partial charge is 0.256 e. The zero-order chi connectivity index (χ0) is 17.9. The lowest BCUT2D eigenvalue weighted by Crippen LogP contribution is -2.32. The van der Waals surface area contributed by atoms with Gasteiger partial charge in [-0.1, -0.05) is 17.7 Å². The van der Waals surface area contributed by atoms with E-state index in [-0.39, 0.29) is 12.0 Å². The maximum atomic E-state index is 12.8. The predicted molar refractivity (Wildman–Crippen MR) is 98.9 cm³/mol. The minimum absolute atomic E-state index is 0.112. The van der Waals surface area contributed by atoms with Gasteiger partial charge < -0.3 is 14.6 Å². The van der Waals surface area contributed by atoms with E-state index in [2.05, 4.69) is 10.4 Å². The number of nitrogens with zero attached hydrogens (tertiary/aromatic N) is 3. The molecule has 1 amide bonds. The Labute approximate surface area is 152 Å². The first-order valence-electron chi connectivity index (χ1n) is 8.90. The van der Waals surface area contributed by atoms with Crippen molar-refractivity contribution in [1.29, 1.82) is 0 Å². The quantitative estimate of drug-likeness (QED) is 0.770. The van der Waals surface area contributed by atoms with Crippen molar-refractivity contribution in [2.24, 2.45) is 0 Å². The number of amides is 1. The van der Waals surface area contributed by atoms with E-state index >= 15 is 0 Å². The van der Waals surface area contributed by atoms with Crippen molar-refractivity contribution in [3.05, 3.63) is 66.1 Å². The molecule has 0 spiro atoms. The van der Waals surface area contributed by atoms with Gasteiger partial charge in [-0.25, -0.2) is 4.68 Å². The van der Waals surface area contributed by atoms with Crippen LogP contribution in [0.5, 0.6) is 0 Å². The van der Waals surface area contributed by atoms with Gasteiger partial charge in [-0.3, -0.25) is 4.79 Å². The van der Waals surface area contributed by atoms with Crippen molar-refractivity contribution < 1.29 is 9.53 Å². The lowest BCUT2D eigenvalue weighted by Gasteiger charge is -2.13. The molecular formula is C20H22N4O2. The number of ether oxygens (including phenoxy) is 1. The SMILES string of the molecule is Cc1ccc(-n2ncc(C(=O)NC[C@@H]3CCCO3)c2-n2cccc2)cc1. The number of aryl methyl sites for hydroxylation is 1. The Balaban J connectivity index is 1.66. The minimum Gasteiger partial charge on any atom is -0.376 e. The van der Waals surface area contributed by atoms with Gasteiger partial charge in [-0.05, 0) is 44.0 Å². The summed E-state index contributed by atoms with van der Waals surface area (Å²) >= 11 is 0. The monoisotopic (exact) mass is 350 g/mol. The zero-order valence-electron chi connectivity index (χ0n) is 14.8. The van der Waals surface area contributed by atoms with E-state index in [1.165, 1.54) is 5.56 Å². The summed E-state index contributed by atoms with van der Waals surface area (Å²) in [6.45, 7) is 3.35. The first-order chi connectivity index (χ1) is 12.7. The highest BCUT2D eigenvalue weighted by molar-refractivity contribution is 5.97. The third-order valence-corrected chi connectivity index (χ3v) is 4.63. The van der Waals surface area contributed by atoms with Gasteiger partial charge in [0.25, 0.3) is 5.91 Å². The summed E-state index contributed by atoms with van der Waals surface area (Å²) in [7, 11) is 0. The van der Waals surface area contributed by atoms with Crippen LogP contribution in [0.2, 0.25) is 0 Å². The summed E-state index contributed by atoms with van der Waals surface area (Å²) in [5.74, 6) is 0.589. The lowest BCUT2D eigenvalue weighted by atomic mass is 10.2. The van der Waals surface area contributed by atoms with Crippen LogP contribution in [0.1, 0.15) is 28.8 Å². The Morgan fingerprint density at radius 3 is 2.73 bits per heavy atom. The van der Waals surface area contributed by atoms with Crippen molar-refractivity contribution in [2.75, 3.05) is 13.2 Å². The van der Waals surface area contributed by atoms with E-state index < -0.39 is 0 Å². The molecule has 2 aromatic heterocycles. The van der Waals surface area contributed by atoms with Gasteiger partial charge in [-0.15, -0.1) is 0 Å². The summed E-state index contributed by atoms with van der Waals surface area (Å²) in [6, 6.07) is 11.9. The number of carbonyl (C=O) groups is 1. The summed E-state index contributed by atoms with van der Waals surface area (Å²) in [5.41, 5.74) is 2.63. The van der Waals surface area contributed by atoms with E-state index in [0.717, 1.165) is 31.0 Å². The van der Waals surface area contributed by atoms with Crippen molar-refractivity contribution in [3.63, 3.8) is 0 Å². The fourth-order valence-electron chi connectivity index (χ4n) is 3.21. The van der Waals surface area contributed by atoms with Crippen LogP contribution in [0.15, 0.2) is 55.0 Å². The van der Waals surface area contributed by atoms with E-state index in [4.69, 9.17) is 4.74 Å². The largest absolute Gasteiger partial charge is 0.376 e. The Hall–Kier alpha value is -2.86. The van der Waals surface area contributed by atoms with E-state index in [9.17, 15) is 4.79 Å². The molecule has 1 saturated heterocycles. The molecule has 0 aliphatic carbocycles. The Bertz CT molecular complexity index is 875. The molecule has 1 aromatic carbocycles. The second kappa shape index (κ2) is 7.17. The molecule has 1 aliphatic heterocycles. The molecule has 3 heterocycles. The normalized spacial score (nSPS) is 16.7. The average Bonchev–Trinajstić information content (AvgIpc) is 3.40. The number of aromatic nitrogens is 3. The molecule has 1 aliphatic rings. The van der Waals surface area contributed by atoms with Gasteiger partial charge in [0.05, 0.1) is 18.0 Å². The molecule has 4 rings (SSSR count). The zero-order valence-corrected chi connectivity index (χ0v) is 14.8. The molecule has 6 nitrogen and oxygen atoms in total. The molecule has 1 N–H and O–H groups in total. The molecule has 134 valence electrons. The Kier molecular flexibility index (Phi) is 4.58. The molecular weight excluding hydrogens is 328 g/mol. The Morgan fingerprint density at radius 2 is 2.04 bits per heavy atom. The third kappa shape index (κ3) is 3.28. The van der Waals surface area contributed by atoms with Crippen LogP contribution in [0.4, 0.5) is 0 Å². The number of benzene rings is 1. The van der Waals surface area contributed by atoms with Gasteiger partial charge in [-0.2, -0.15) is 5.10 Å². The summed E-state index contributed by atoms with van der Waals surface area (Å²) in [5, 5.41) is 7.46. The van der Waals surface area contributed by atoms with Crippen molar-refractivity contribution in [2.45, 2.75) is 25.9 Å². The van der Waals surface area contributed by atoms with Crippen LogP contribution < -0.4 is 5.32 Å².